The first kappa shape index (κ1) is 5.46. The molecule has 0 unspecified atom stereocenters. The van der Waals surface area contributed by atoms with E-state index in [9.17, 15) is 0 Å². The molecule has 1 aliphatic rings. The maximum absolute atomic E-state index is 4.70. The van der Waals surface area contributed by atoms with Gasteiger partial charge in [-0.05, 0) is 12.8 Å². The predicted octanol–water partition coefficient (Wildman–Crippen LogP) is 0.651. The van der Waals surface area contributed by atoms with Crippen LogP contribution in [0.4, 0.5) is 0 Å². The number of hydroxylamine groups is 1. The molecule has 1 fully saturated rings. The van der Waals surface area contributed by atoms with Crippen LogP contribution in [-0.2, 0) is 4.84 Å². The molecule has 0 amide bonds. The van der Waals surface area contributed by atoms with Gasteiger partial charge in [-0.3, -0.25) is 0 Å². The Morgan fingerprint density at radius 2 is 2.38 bits per heavy atom. The summed E-state index contributed by atoms with van der Waals surface area (Å²) in [5.41, 5.74) is 2.78. The second-order valence-corrected chi connectivity index (χ2v) is 1.85. The number of hydrogen-bond acceptors (Lipinski definition) is 2. The molecule has 0 aromatic heterocycles. The van der Waals surface area contributed by atoms with Crippen LogP contribution >= 0.6 is 0 Å². The zero-order chi connectivity index (χ0) is 5.82. The fraction of sp³-hybridized carbons (Fsp3) is 0.667. The first-order valence-corrected chi connectivity index (χ1v) is 2.76. The van der Waals surface area contributed by atoms with Crippen molar-refractivity contribution >= 4 is 0 Å². The maximum atomic E-state index is 4.70. The molecule has 0 radical (unpaired) electrons. The molecular weight excluding hydrogens is 102 g/mol. The number of nitrogens with one attached hydrogen (secondary N) is 1. The SMILES string of the molecule is CC#CONC1CC1. The zero-order valence-electron chi connectivity index (χ0n) is 4.90. The lowest BCUT2D eigenvalue weighted by atomic mass is 10.8. The first-order valence-electron chi connectivity index (χ1n) is 2.76. The van der Waals surface area contributed by atoms with Crippen molar-refractivity contribution in [1.82, 2.24) is 5.48 Å². The van der Waals surface area contributed by atoms with E-state index < -0.39 is 0 Å². The van der Waals surface area contributed by atoms with Gasteiger partial charge in [-0.2, -0.15) is 0 Å². The highest BCUT2D eigenvalue weighted by molar-refractivity contribution is 4.86. The van der Waals surface area contributed by atoms with Crippen molar-refractivity contribution in [1.29, 1.82) is 0 Å². The van der Waals surface area contributed by atoms with E-state index in [1.807, 2.05) is 0 Å². The summed E-state index contributed by atoms with van der Waals surface area (Å²) >= 11 is 0. The van der Waals surface area contributed by atoms with Gasteiger partial charge >= 0.3 is 0 Å². The minimum Gasteiger partial charge on any atom is -0.356 e. The van der Waals surface area contributed by atoms with Crippen LogP contribution in [0, 0.1) is 12.0 Å². The minimum absolute atomic E-state index is 0.579. The van der Waals surface area contributed by atoms with Crippen molar-refractivity contribution in [3.05, 3.63) is 0 Å². The summed E-state index contributed by atoms with van der Waals surface area (Å²) in [4.78, 5) is 4.70. The quantitative estimate of drug-likeness (QED) is 0.417. The van der Waals surface area contributed by atoms with Gasteiger partial charge in [0, 0.05) is 13.0 Å². The van der Waals surface area contributed by atoms with E-state index in [4.69, 9.17) is 4.84 Å². The molecule has 1 rings (SSSR count). The monoisotopic (exact) mass is 111 g/mol. The highest BCUT2D eigenvalue weighted by Crippen LogP contribution is 2.17. The van der Waals surface area contributed by atoms with Crippen LogP contribution in [-0.4, -0.2) is 6.04 Å². The second kappa shape index (κ2) is 2.58. The summed E-state index contributed by atoms with van der Waals surface area (Å²) < 4.78 is 0. The molecular formula is C6H9NO. The third kappa shape index (κ3) is 1.85. The molecule has 2 nitrogen and oxygen atoms in total. The lowest BCUT2D eigenvalue weighted by molar-refractivity contribution is 0.152. The van der Waals surface area contributed by atoms with E-state index in [-0.39, 0.29) is 0 Å². The largest absolute Gasteiger partial charge is 0.356 e. The summed E-state index contributed by atoms with van der Waals surface area (Å²) in [6, 6.07) is 0.579. The topological polar surface area (TPSA) is 21.3 Å². The predicted molar refractivity (Wildman–Crippen MR) is 30.7 cm³/mol. The van der Waals surface area contributed by atoms with E-state index in [1.165, 1.54) is 12.8 Å². The average molecular weight is 111 g/mol. The van der Waals surface area contributed by atoms with Crippen LogP contribution in [0.5, 0.6) is 0 Å². The van der Waals surface area contributed by atoms with Gasteiger partial charge in [0.1, 0.15) is 6.11 Å². The average Bonchev–Trinajstić information content (AvgIpc) is 2.51. The van der Waals surface area contributed by atoms with Gasteiger partial charge < -0.3 is 4.84 Å². The molecule has 1 aliphatic carbocycles. The normalized spacial score (nSPS) is 16.6. The molecule has 1 N–H and O–H groups in total. The van der Waals surface area contributed by atoms with Crippen molar-refractivity contribution in [3.63, 3.8) is 0 Å². The molecule has 0 aromatic rings. The fourth-order valence-corrected chi connectivity index (χ4v) is 0.365. The van der Waals surface area contributed by atoms with Crippen molar-refractivity contribution < 1.29 is 4.84 Å². The smallest absolute Gasteiger partial charge is 0.137 e. The number of rotatable bonds is 2. The Balaban J connectivity index is 1.92. The van der Waals surface area contributed by atoms with E-state index in [0.717, 1.165) is 0 Å². The molecule has 0 aliphatic heterocycles. The van der Waals surface area contributed by atoms with Crippen LogP contribution in [0.2, 0.25) is 0 Å². The summed E-state index contributed by atoms with van der Waals surface area (Å²) in [6.07, 6.45) is 4.91. The zero-order valence-corrected chi connectivity index (χ0v) is 4.90. The molecule has 0 aromatic carbocycles. The molecule has 0 atom stereocenters. The molecule has 44 valence electrons. The van der Waals surface area contributed by atoms with Crippen molar-refractivity contribution in [3.8, 4) is 12.0 Å². The maximum Gasteiger partial charge on any atom is 0.137 e. The van der Waals surface area contributed by atoms with Crippen molar-refractivity contribution in [2.75, 3.05) is 0 Å². The summed E-state index contributed by atoms with van der Waals surface area (Å²) in [7, 11) is 0. The van der Waals surface area contributed by atoms with E-state index in [0.29, 0.717) is 6.04 Å². The Bertz CT molecular complexity index is 118. The van der Waals surface area contributed by atoms with Crippen molar-refractivity contribution in [2.45, 2.75) is 25.8 Å². The van der Waals surface area contributed by atoms with Gasteiger partial charge in [-0.15, -0.1) is 5.48 Å². The summed E-state index contributed by atoms with van der Waals surface area (Å²) in [5, 5.41) is 0. The van der Waals surface area contributed by atoms with Gasteiger partial charge in [0.05, 0.1) is 0 Å². The van der Waals surface area contributed by atoms with Crippen molar-refractivity contribution in [2.24, 2.45) is 0 Å². The van der Waals surface area contributed by atoms with Crippen LogP contribution in [0.25, 0.3) is 0 Å². The fourth-order valence-electron chi connectivity index (χ4n) is 0.365. The summed E-state index contributed by atoms with van der Waals surface area (Å²) in [5.74, 6) is 2.62. The first-order chi connectivity index (χ1) is 3.93. The van der Waals surface area contributed by atoms with Gasteiger partial charge in [-0.1, -0.05) is 5.92 Å². The molecule has 0 spiro atoms. The lowest BCUT2D eigenvalue weighted by Crippen LogP contribution is -2.12. The molecule has 0 saturated heterocycles. The van der Waals surface area contributed by atoms with Crippen LogP contribution < -0.4 is 5.48 Å². The van der Waals surface area contributed by atoms with E-state index in [2.05, 4.69) is 17.5 Å². The second-order valence-electron chi connectivity index (χ2n) is 1.85. The Morgan fingerprint density at radius 3 is 2.88 bits per heavy atom. The third-order valence-electron chi connectivity index (χ3n) is 0.956. The Hall–Kier alpha value is -0.680. The lowest BCUT2D eigenvalue weighted by Gasteiger charge is -1.92. The Kier molecular flexibility index (Phi) is 1.76. The molecule has 0 heterocycles. The highest BCUT2D eigenvalue weighted by Gasteiger charge is 2.20. The van der Waals surface area contributed by atoms with E-state index >= 15 is 0 Å². The summed E-state index contributed by atoms with van der Waals surface area (Å²) in [6.45, 7) is 1.74. The van der Waals surface area contributed by atoms with Gasteiger partial charge in [-0.25, -0.2) is 0 Å². The standard InChI is InChI=1S/C6H9NO/c1-2-5-8-7-6-3-4-6/h6-7H,3-4H2,1H3. The van der Waals surface area contributed by atoms with Gasteiger partial charge in [0.15, 0.2) is 0 Å². The number of hydrogen-bond donors (Lipinski definition) is 1. The van der Waals surface area contributed by atoms with Crippen LogP contribution in [0.3, 0.4) is 0 Å². The molecule has 1 saturated carbocycles. The van der Waals surface area contributed by atoms with Crippen LogP contribution in [0.15, 0.2) is 0 Å². The van der Waals surface area contributed by atoms with Gasteiger partial charge in [0.2, 0.25) is 0 Å². The molecule has 2 heteroatoms. The molecule has 0 bridgehead atoms. The van der Waals surface area contributed by atoms with Crippen LogP contribution in [0.1, 0.15) is 19.8 Å². The third-order valence-corrected chi connectivity index (χ3v) is 0.956. The Labute approximate surface area is 49.2 Å². The van der Waals surface area contributed by atoms with E-state index in [1.54, 1.807) is 6.92 Å². The minimum atomic E-state index is 0.579. The highest BCUT2D eigenvalue weighted by atomic mass is 16.6. The molecule has 8 heavy (non-hydrogen) atoms. The van der Waals surface area contributed by atoms with Gasteiger partial charge in [0.25, 0.3) is 0 Å². The Morgan fingerprint density at radius 1 is 1.62 bits per heavy atom.